The molecule has 2 rings (SSSR count). The summed E-state index contributed by atoms with van der Waals surface area (Å²) in [5.41, 5.74) is 2.24. The molecule has 0 aliphatic rings. The second-order valence-electron chi connectivity index (χ2n) is 3.84. The average Bonchev–Trinajstić information content (AvgIpc) is 2.82. The van der Waals surface area contributed by atoms with Crippen LogP contribution in [0.4, 0.5) is 0 Å². The van der Waals surface area contributed by atoms with E-state index in [0.717, 1.165) is 27.0 Å². The van der Waals surface area contributed by atoms with Crippen LogP contribution >= 0.6 is 27.5 Å². The van der Waals surface area contributed by atoms with Gasteiger partial charge in [0.1, 0.15) is 0 Å². The standard InChI is InChI=1S/C13H13BrClNO/c1-16-13(6-9-4-5-17-8-9)11-7-10(14)2-3-12(11)15/h2-5,7-8,13,16H,6H2,1H3. The third-order valence-electron chi connectivity index (χ3n) is 2.70. The fourth-order valence-corrected chi connectivity index (χ4v) is 2.42. The summed E-state index contributed by atoms with van der Waals surface area (Å²) in [6, 6.07) is 8.04. The fourth-order valence-electron chi connectivity index (χ4n) is 1.79. The molecule has 0 spiro atoms. The number of nitrogens with one attached hydrogen (secondary N) is 1. The lowest BCUT2D eigenvalue weighted by atomic mass is 10.0. The Morgan fingerprint density at radius 3 is 2.88 bits per heavy atom. The molecule has 1 heterocycles. The Balaban J connectivity index is 2.25. The van der Waals surface area contributed by atoms with Gasteiger partial charge in [-0.1, -0.05) is 27.5 Å². The highest BCUT2D eigenvalue weighted by atomic mass is 79.9. The molecule has 2 nitrogen and oxygen atoms in total. The molecule has 1 unspecified atom stereocenters. The monoisotopic (exact) mass is 313 g/mol. The van der Waals surface area contributed by atoms with Crippen molar-refractivity contribution in [2.24, 2.45) is 0 Å². The number of halogens is 2. The third-order valence-corrected chi connectivity index (χ3v) is 3.54. The molecule has 0 bridgehead atoms. The predicted molar refractivity (Wildman–Crippen MR) is 73.4 cm³/mol. The summed E-state index contributed by atoms with van der Waals surface area (Å²) in [6.07, 6.45) is 4.30. The number of likely N-dealkylation sites (N-methyl/N-ethyl adjacent to an activating group) is 1. The maximum atomic E-state index is 6.23. The van der Waals surface area contributed by atoms with Gasteiger partial charge in [0, 0.05) is 15.5 Å². The highest BCUT2D eigenvalue weighted by molar-refractivity contribution is 9.10. The van der Waals surface area contributed by atoms with Gasteiger partial charge in [0.15, 0.2) is 0 Å². The largest absolute Gasteiger partial charge is 0.472 e. The SMILES string of the molecule is CNC(Cc1ccoc1)c1cc(Br)ccc1Cl. The van der Waals surface area contributed by atoms with Gasteiger partial charge < -0.3 is 9.73 Å². The Morgan fingerprint density at radius 2 is 2.24 bits per heavy atom. The van der Waals surface area contributed by atoms with Crippen molar-refractivity contribution in [3.63, 3.8) is 0 Å². The maximum Gasteiger partial charge on any atom is 0.0935 e. The van der Waals surface area contributed by atoms with Crippen molar-refractivity contribution in [1.82, 2.24) is 5.32 Å². The lowest BCUT2D eigenvalue weighted by Crippen LogP contribution is -2.19. The van der Waals surface area contributed by atoms with Crippen LogP contribution in [0.25, 0.3) is 0 Å². The van der Waals surface area contributed by atoms with Crippen LogP contribution in [0.1, 0.15) is 17.2 Å². The van der Waals surface area contributed by atoms with Gasteiger partial charge in [-0.3, -0.25) is 0 Å². The van der Waals surface area contributed by atoms with Gasteiger partial charge in [-0.15, -0.1) is 0 Å². The minimum atomic E-state index is 0.178. The molecule has 17 heavy (non-hydrogen) atoms. The predicted octanol–water partition coefficient (Wildman–Crippen LogP) is 4.20. The molecule has 1 aromatic carbocycles. The highest BCUT2D eigenvalue weighted by Gasteiger charge is 2.14. The molecule has 0 saturated heterocycles. The zero-order valence-electron chi connectivity index (χ0n) is 9.41. The summed E-state index contributed by atoms with van der Waals surface area (Å²) in [6.45, 7) is 0. The van der Waals surface area contributed by atoms with Crippen LogP contribution in [0.15, 0.2) is 45.7 Å². The number of rotatable bonds is 4. The molecule has 1 atom stereocenters. The molecule has 1 aromatic heterocycles. The first-order chi connectivity index (χ1) is 8.20. The number of furan rings is 1. The second-order valence-corrected chi connectivity index (χ2v) is 5.17. The summed E-state index contributed by atoms with van der Waals surface area (Å²) >= 11 is 9.69. The third kappa shape index (κ3) is 3.12. The van der Waals surface area contributed by atoms with Crippen molar-refractivity contribution in [3.8, 4) is 0 Å². The molecule has 90 valence electrons. The van der Waals surface area contributed by atoms with Gasteiger partial charge in [0.25, 0.3) is 0 Å². The van der Waals surface area contributed by atoms with E-state index in [9.17, 15) is 0 Å². The van der Waals surface area contributed by atoms with Crippen molar-refractivity contribution in [1.29, 1.82) is 0 Å². The van der Waals surface area contributed by atoms with Crippen molar-refractivity contribution >= 4 is 27.5 Å². The van der Waals surface area contributed by atoms with Gasteiger partial charge in [-0.2, -0.15) is 0 Å². The first-order valence-corrected chi connectivity index (χ1v) is 6.51. The molecule has 4 heteroatoms. The van der Waals surface area contributed by atoms with E-state index in [-0.39, 0.29) is 6.04 Å². The highest BCUT2D eigenvalue weighted by Crippen LogP contribution is 2.28. The average molecular weight is 315 g/mol. The number of benzene rings is 1. The van der Waals surface area contributed by atoms with Gasteiger partial charge in [0.2, 0.25) is 0 Å². The zero-order chi connectivity index (χ0) is 12.3. The minimum absolute atomic E-state index is 0.178. The minimum Gasteiger partial charge on any atom is -0.472 e. The van der Waals surface area contributed by atoms with Crippen LogP contribution in [0.5, 0.6) is 0 Å². The van der Waals surface area contributed by atoms with E-state index in [1.54, 1.807) is 12.5 Å². The smallest absolute Gasteiger partial charge is 0.0935 e. The van der Waals surface area contributed by atoms with Crippen LogP contribution in [0.3, 0.4) is 0 Å². The summed E-state index contributed by atoms with van der Waals surface area (Å²) < 4.78 is 6.11. The van der Waals surface area contributed by atoms with E-state index < -0.39 is 0 Å². The van der Waals surface area contributed by atoms with E-state index in [1.807, 2.05) is 31.3 Å². The zero-order valence-corrected chi connectivity index (χ0v) is 11.8. The number of hydrogen-bond acceptors (Lipinski definition) is 2. The summed E-state index contributed by atoms with van der Waals surface area (Å²) in [4.78, 5) is 0. The molecule has 0 aliphatic carbocycles. The summed E-state index contributed by atoms with van der Waals surface area (Å²) in [5.74, 6) is 0. The van der Waals surface area contributed by atoms with E-state index >= 15 is 0 Å². The van der Waals surface area contributed by atoms with Crippen molar-refractivity contribution < 1.29 is 4.42 Å². The summed E-state index contributed by atoms with van der Waals surface area (Å²) in [5, 5.41) is 4.05. The Labute approximate surface area is 114 Å². The van der Waals surface area contributed by atoms with E-state index in [1.165, 1.54) is 0 Å². The molecule has 0 saturated carbocycles. The fraction of sp³-hybridized carbons (Fsp3) is 0.231. The second kappa shape index (κ2) is 5.71. The van der Waals surface area contributed by atoms with Gasteiger partial charge in [-0.25, -0.2) is 0 Å². The van der Waals surface area contributed by atoms with E-state index in [0.29, 0.717) is 0 Å². The van der Waals surface area contributed by atoms with Crippen LogP contribution in [-0.4, -0.2) is 7.05 Å². The quantitative estimate of drug-likeness (QED) is 0.915. The number of hydrogen-bond donors (Lipinski definition) is 1. The molecule has 2 aromatic rings. The van der Waals surface area contributed by atoms with Crippen LogP contribution < -0.4 is 5.32 Å². The Bertz CT molecular complexity index is 484. The Morgan fingerprint density at radius 1 is 1.41 bits per heavy atom. The molecule has 1 N–H and O–H groups in total. The first-order valence-electron chi connectivity index (χ1n) is 5.34. The van der Waals surface area contributed by atoms with Gasteiger partial charge in [0.05, 0.1) is 12.5 Å². The lowest BCUT2D eigenvalue weighted by molar-refractivity contribution is 0.551. The summed E-state index contributed by atoms with van der Waals surface area (Å²) in [7, 11) is 1.93. The van der Waals surface area contributed by atoms with Crippen LogP contribution in [0.2, 0.25) is 5.02 Å². The van der Waals surface area contributed by atoms with Crippen LogP contribution in [-0.2, 0) is 6.42 Å². The lowest BCUT2D eigenvalue weighted by Gasteiger charge is -2.17. The topological polar surface area (TPSA) is 25.2 Å². The Kier molecular flexibility index (Phi) is 4.26. The van der Waals surface area contributed by atoms with E-state index in [4.69, 9.17) is 16.0 Å². The van der Waals surface area contributed by atoms with Crippen LogP contribution in [0, 0.1) is 0 Å². The van der Waals surface area contributed by atoms with Gasteiger partial charge in [-0.05, 0) is 48.9 Å². The molecular formula is C13H13BrClNO. The molecule has 0 fully saturated rings. The van der Waals surface area contributed by atoms with E-state index in [2.05, 4.69) is 21.2 Å². The normalized spacial score (nSPS) is 12.6. The van der Waals surface area contributed by atoms with Crippen molar-refractivity contribution in [3.05, 3.63) is 57.4 Å². The molecular weight excluding hydrogens is 302 g/mol. The molecule has 0 aliphatic heterocycles. The van der Waals surface area contributed by atoms with Crippen molar-refractivity contribution in [2.75, 3.05) is 7.05 Å². The first kappa shape index (κ1) is 12.7. The molecule has 0 amide bonds. The Hall–Kier alpha value is -0.770. The van der Waals surface area contributed by atoms with Gasteiger partial charge >= 0.3 is 0 Å². The maximum absolute atomic E-state index is 6.23. The molecule has 0 radical (unpaired) electrons. The van der Waals surface area contributed by atoms with Crippen molar-refractivity contribution in [2.45, 2.75) is 12.5 Å².